The number of fused-ring (bicyclic) bond motifs is 1. The molecule has 146 valence electrons. The van der Waals surface area contributed by atoms with Gasteiger partial charge in [-0.05, 0) is 60.6 Å². The molecule has 0 amide bonds. The molecule has 1 saturated heterocycles. The molecule has 1 aliphatic heterocycles. The number of aliphatic hydroxyl groups excluding tert-OH is 1. The van der Waals surface area contributed by atoms with E-state index in [1.54, 1.807) is 0 Å². The van der Waals surface area contributed by atoms with E-state index in [1.165, 1.54) is 5.56 Å². The first kappa shape index (κ1) is 19.8. The topological polar surface area (TPSA) is 77.6 Å². The highest BCUT2D eigenvalue weighted by Crippen LogP contribution is 2.15. The summed E-state index contributed by atoms with van der Waals surface area (Å²) in [4.78, 5) is 17.3. The number of aliphatic hydroxyl groups is 1. The molecule has 1 atom stereocenters. The number of hydrogen-bond donors (Lipinski definition) is 3. The third-order valence-corrected chi connectivity index (χ3v) is 5.32. The Kier molecular flexibility index (Phi) is 6.82. The first-order valence-electron chi connectivity index (χ1n) is 9.50. The molecule has 27 heavy (non-hydrogen) atoms. The van der Waals surface area contributed by atoms with Crippen LogP contribution in [0.25, 0.3) is 10.9 Å². The summed E-state index contributed by atoms with van der Waals surface area (Å²) >= 11 is 5.49. The van der Waals surface area contributed by atoms with Crippen molar-refractivity contribution in [2.75, 3.05) is 26.3 Å². The number of pyridine rings is 1. The number of aryl methyl sites for hydroxylation is 1. The van der Waals surface area contributed by atoms with Crippen molar-refractivity contribution in [3.8, 4) is 0 Å². The molecule has 1 fully saturated rings. The van der Waals surface area contributed by atoms with E-state index < -0.39 is 0 Å². The summed E-state index contributed by atoms with van der Waals surface area (Å²) in [6.45, 7) is 4.23. The number of benzene rings is 1. The highest BCUT2D eigenvalue weighted by molar-refractivity contribution is 7.80. The Bertz CT molecular complexity index is 846. The zero-order chi connectivity index (χ0) is 19.2. The van der Waals surface area contributed by atoms with Gasteiger partial charge in [0, 0.05) is 30.8 Å². The zero-order valence-electron chi connectivity index (χ0n) is 15.7. The van der Waals surface area contributed by atoms with Crippen LogP contribution < -0.4 is 10.9 Å². The fourth-order valence-electron chi connectivity index (χ4n) is 3.34. The van der Waals surface area contributed by atoms with E-state index in [0.29, 0.717) is 30.3 Å². The molecule has 0 spiro atoms. The maximum Gasteiger partial charge on any atom is 0.253 e. The summed E-state index contributed by atoms with van der Waals surface area (Å²) in [5.41, 5.74) is 2.55. The number of nitrogens with one attached hydrogen (secondary N) is 2. The Balaban J connectivity index is 1.75. The summed E-state index contributed by atoms with van der Waals surface area (Å²) < 4.78 is 5.61. The fraction of sp³-hybridized carbons (Fsp3) is 0.500. The van der Waals surface area contributed by atoms with E-state index in [4.69, 9.17) is 17.0 Å². The standard InChI is InChI=1S/C20H27N3O3S/c1-2-14-5-6-18-15(10-14)11-16(19(25)22-18)13-23(7-8-24)20(27)21-12-17-4-3-9-26-17/h5-6,10-11,17,24H,2-4,7-9,12-13H2,1H3,(H,21,27)(H,22,25). The second-order valence-electron chi connectivity index (χ2n) is 6.87. The van der Waals surface area contributed by atoms with Gasteiger partial charge in [0.25, 0.3) is 5.56 Å². The quantitative estimate of drug-likeness (QED) is 0.628. The maximum atomic E-state index is 12.5. The maximum absolute atomic E-state index is 12.5. The SMILES string of the molecule is CCc1ccc2[nH]c(=O)c(CN(CCO)C(=S)NCC3CCCO3)cc2c1. The number of thiocarbonyl (C=S) groups is 1. The van der Waals surface area contributed by atoms with Gasteiger partial charge in [0.1, 0.15) is 0 Å². The number of aromatic amines is 1. The van der Waals surface area contributed by atoms with Crippen molar-refractivity contribution >= 4 is 28.2 Å². The van der Waals surface area contributed by atoms with Crippen LogP contribution in [-0.4, -0.2) is 52.5 Å². The molecule has 1 aromatic heterocycles. The van der Waals surface area contributed by atoms with Gasteiger partial charge in [0.15, 0.2) is 5.11 Å². The van der Waals surface area contributed by atoms with Crippen molar-refractivity contribution in [3.63, 3.8) is 0 Å². The molecule has 1 aromatic carbocycles. The lowest BCUT2D eigenvalue weighted by atomic mass is 10.1. The minimum Gasteiger partial charge on any atom is -0.395 e. The number of hydrogen-bond acceptors (Lipinski definition) is 4. The van der Waals surface area contributed by atoms with Gasteiger partial charge in [-0.3, -0.25) is 4.79 Å². The van der Waals surface area contributed by atoms with Crippen LogP contribution in [-0.2, 0) is 17.7 Å². The smallest absolute Gasteiger partial charge is 0.253 e. The first-order chi connectivity index (χ1) is 13.1. The molecular weight excluding hydrogens is 362 g/mol. The van der Waals surface area contributed by atoms with E-state index in [-0.39, 0.29) is 18.3 Å². The predicted molar refractivity (Wildman–Crippen MR) is 111 cm³/mol. The number of nitrogens with zero attached hydrogens (tertiary/aromatic N) is 1. The number of rotatable bonds is 7. The van der Waals surface area contributed by atoms with E-state index in [1.807, 2.05) is 23.1 Å². The number of ether oxygens (including phenoxy) is 1. The van der Waals surface area contributed by atoms with Crippen LogP contribution in [0.1, 0.15) is 30.9 Å². The van der Waals surface area contributed by atoms with Gasteiger partial charge in [-0.2, -0.15) is 0 Å². The number of H-pyrrole nitrogens is 1. The van der Waals surface area contributed by atoms with Gasteiger partial charge >= 0.3 is 0 Å². The predicted octanol–water partition coefficient (Wildman–Crippen LogP) is 1.94. The van der Waals surface area contributed by atoms with Crippen molar-refractivity contribution in [3.05, 3.63) is 45.7 Å². The normalized spacial score (nSPS) is 16.6. The van der Waals surface area contributed by atoms with E-state index in [0.717, 1.165) is 36.8 Å². The minimum absolute atomic E-state index is 0.0345. The summed E-state index contributed by atoms with van der Waals surface area (Å²) in [7, 11) is 0. The summed E-state index contributed by atoms with van der Waals surface area (Å²) in [6, 6.07) is 7.98. The average molecular weight is 390 g/mol. The third-order valence-electron chi connectivity index (χ3n) is 4.92. The van der Waals surface area contributed by atoms with Crippen LogP contribution >= 0.6 is 12.2 Å². The van der Waals surface area contributed by atoms with E-state index in [9.17, 15) is 9.90 Å². The van der Waals surface area contributed by atoms with Gasteiger partial charge in [0.05, 0.1) is 19.3 Å². The molecule has 2 heterocycles. The summed E-state index contributed by atoms with van der Waals surface area (Å²) in [5, 5.41) is 14.2. The van der Waals surface area contributed by atoms with Crippen LogP contribution in [0.2, 0.25) is 0 Å². The lowest BCUT2D eigenvalue weighted by Crippen LogP contribution is -2.44. The molecule has 7 heteroatoms. The van der Waals surface area contributed by atoms with Crippen molar-refractivity contribution in [2.24, 2.45) is 0 Å². The Morgan fingerprint density at radius 2 is 2.30 bits per heavy atom. The van der Waals surface area contributed by atoms with E-state index >= 15 is 0 Å². The molecule has 6 nitrogen and oxygen atoms in total. The molecule has 3 rings (SSSR count). The van der Waals surface area contributed by atoms with Gasteiger partial charge in [0.2, 0.25) is 0 Å². The number of aromatic nitrogens is 1. The van der Waals surface area contributed by atoms with Crippen LogP contribution in [0.4, 0.5) is 0 Å². The minimum atomic E-state index is -0.128. The van der Waals surface area contributed by atoms with Gasteiger partial charge in [-0.15, -0.1) is 0 Å². The van der Waals surface area contributed by atoms with Gasteiger partial charge in [-0.25, -0.2) is 0 Å². The van der Waals surface area contributed by atoms with Gasteiger partial charge < -0.3 is 25.0 Å². The lowest BCUT2D eigenvalue weighted by Gasteiger charge is -2.26. The molecular formula is C20H27N3O3S. The molecule has 0 radical (unpaired) electrons. The molecule has 0 bridgehead atoms. The van der Waals surface area contributed by atoms with Crippen molar-refractivity contribution in [1.82, 2.24) is 15.2 Å². The van der Waals surface area contributed by atoms with Crippen molar-refractivity contribution in [2.45, 2.75) is 38.8 Å². The zero-order valence-corrected chi connectivity index (χ0v) is 16.5. The molecule has 1 aliphatic rings. The highest BCUT2D eigenvalue weighted by Gasteiger charge is 2.18. The largest absolute Gasteiger partial charge is 0.395 e. The molecule has 0 saturated carbocycles. The van der Waals surface area contributed by atoms with Crippen molar-refractivity contribution < 1.29 is 9.84 Å². The van der Waals surface area contributed by atoms with E-state index in [2.05, 4.69) is 23.3 Å². The Hall–Kier alpha value is -1.96. The lowest BCUT2D eigenvalue weighted by molar-refractivity contribution is 0.113. The summed E-state index contributed by atoms with van der Waals surface area (Å²) in [5.74, 6) is 0. The van der Waals surface area contributed by atoms with Crippen LogP contribution in [0, 0.1) is 0 Å². The highest BCUT2D eigenvalue weighted by atomic mass is 32.1. The Morgan fingerprint density at radius 3 is 3.00 bits per heavy atom. The fourth-order valence-corrected chi connectivity index (χ4v) is 3.57. The molecule has 1 unspecified atom stereocenters. The monoisotopic (exact) mass is 389 g/mol. The average Bonchev–Trinajstić information content (AvgIpc) is 3.19. The van der Waals surface area contributed by atoms with Crippen LogP contribution in [0.5, 0.6) is 0 Å². The third kappa shape index (κ3) is 5.06. The second-order valence-corrected chi connectivity index (χ2v) is 7.25. The van der Waals surface area contributed by atoms with Gasteiger partial charge in [-0.1, -0.05) is 13.0 Å². The first-order valence-corrected chi connectivity index (χ1v) is 9.91. The van der Waals surface area contributed by atoms with Crippen LogP contribution in [0.15, 0.2) is 29.1 Å². The second kappa shape index (κ2) is 9.30. The van der Waals surface area contributed by atoms with Crippen LogP contribution in [0.3, 0.4) is 0 Å². The Labute approximate surface area is 164 Å². The summed E-state index contributed by atoms with van der Waals surface area (Å²) in [6.07, 6.45) is 3.22. The Morgan fingerprint density at radius 1 is 1.44 bits per heavy atom. The molecule has 0 aliphatic carbocycles. The molecule has 2 aromatic rings. The van der Waals surface area contributed by atoms with Crippen molar-refractivity contribution in [1.29, 1.82) is 0 Å². The molecule has 3 N–H and O–H groups in total.